The maximum Gasteiger partial charge on any atom is 0.261 e. The molecule has 0 saturated heterocycles. The molecule has 0 unspecified atom stereocenters. The van der Waals surface area contributed by atoms with Crippen molar-refractivity contribution in [3.05, 3.63) is 40.9 Å². The first-order valence-corrected chi connectivity index (χ1v) is 6.42. The summed E-state index contributed by atoms with van der Waals surface area (Å²) in [4.78, 5) is 29.6. The Bertz CT molecular complexity index is 666. The predicted molar refractivity (Wildman–Crippen MR) is 75.3 cm³/mol. The van der Waals surface area contributed by atoms with Crippen molar-refractivity contribution in [2.24, 2.45) is 0 Å². The number of aryl methyl sites for hydroxylation is 1. The number of hydrogen-bond donors (Lipinski definition) is 1. The summed E-state index contributed by atoms with van der Waals surface area (Å²) in [6, 6.07) is 7.12. The van der Waals surface area contributed by atoms with E-state index in [-0.39, 0.29) is 31.0 Å². The third-order valence-corrected chi connectivity index (χ3v) is 3.16. The van der Waals surface area contributed by atoms with E-state index >= 15 is 0 Å². The van der Waals surface area contributed by atoms with Crippen molar-refractivity contribution in [1.82, 2.24) is 14.5 Å². The Morgan fingerprint density at radius 2 is 2.15 bits per heavy atom. The maximum absolute atomic E-state index is 12.2. The number of para-hydroxylation sites is 1. The van der Waals surface area contributed by atoms with Gasteiger partial charge in [0, 0.05) is 26.6 Å². The lowest BCUT2D eigenvalue weighted by molar-refractivity contribution is -0.130. The molecule has 1 aromatic carbocycles. The van der Waals surface area contributed by atoms with Crippen molar-refractivity contribution in [2.45, 2.75) is 13.0 Å². The molecule has 0 fully saturated rings. The van der Waals surface area contributed by atoms with Gasteiger partial charge in [0.15, 0.2) is 0 Å². The van der Waals surface area contributed by atoms with Gasteiger partial charge in [0.25, 0.3) is 5.56 Å². The standard InChI is InChI=1S/C14H17N3O3/c1-16(8-9-18)13(19)6-7-17-10-15-12-5-3-2-4-11(12)14(17)20/h2-5,10,18H,6-9H2,1H3. The van der Waals surface area contributed by atoms with E-state index in [1.54, 1.807) is 25.2 Å². The fourth-order valence-electron chi connectivity index (χ4n) is 1.95. The van der Waals surface area contributed by atoms with Crippen LogP contribution in [-0.2, 0) is 11.3 Å². The molecular formula is C14H17N3O3. The molecule has 6 nitrogen and oxygen atoms in total. The van der Waals surface area contributed by atoms with Crippen molar-refractivity contribution in [3.8, 4) is 0 Å². The monoisotopic (exact) mass is 275 g/mol. The number of aliphatic hydroxyl groups is 1. The number of aromatic nitrogens is 2. The van der Waals surface area contributed by atoms with Crippen molar-refractivity contribution in [1.29, 1.82) is 0 Å². The summed E-state index contributed by atoms with van der Waals surface area (Å²) in [6.07, 6.45) is 1.67. The van der Waals surface area contributed by atoms with Crippen LogP contribution >= 0.6 is 0 Å². The fraction of sp³-hybridized carbons (Fsp3) is 0.357. The van der Waals surface area contributed by atoms with E-state index in [9.17, 15) is 9.59 Å². The molecule has 0 spiro atoms. The van der Waals surface area contributed by atoms with Crippen LogP contribution in [0.2, 0.25) is 0 Å². The average molecular weight is 275 g/mol. The molecule has 20 heavy (non-hydrogen) atoms. The number of carbonyl (C=O) groups is 1. The second kappa shape index (κ2) is 6.29. The summed E-state index contributed by atoms with van der Waals surface area (Å²) in [7, 11) is 1.62. The zero-order valence-corrected chi connectivity index (χ0v) is 11.3. The van der Waals surface area contributed by atoms with Gasteiger partial charge in [-0.15, -0.1) is 0 Å². The smallest absolute Gasteiger partial charge is 0.261 e. The van der Waals surface area contributed by atoms with Crippen LogP contribution in [0.5, 0.6) is 0 Å². The zero-order chi connectivity index (χ0) is 14.5. The topological polar surface area (TPSA) is 75.4 Å². The molecule has 0 aliphatic carbocycles. The van der Waals surface area contributed by atoms with Gasteiger partial charge in [0.1, 0.15) is 0 Å². The van der Waals surface area contributed by atoms with Gasteiger partial charge in [0.2, 0.25) is 5.91 Å². The van der Waals surface area contributed by atoms with Gasteiger partial charge in [0.05, 0.1) is 23.8 Å². The van der Waals surface area contributed by atoms with E-state index in [0.717, 1.165) is 0 Å². The van der Waals surface area contributed by atoms with Gasteiger partial charge in [-0.05, 0) is 12.1 Å². The van der Waals surface area contributed by atoms with E-state index in [1.807, 2.05) is 6.07 Å². The average Bonchev–Trinajstić information content (AvgIpc) is 2.47. The first kappa shape index (κ1) is 14.2. The van der Waals surface area contributed by atoms with Crippen molar-refractivity contribution >= 4 is 16.8 Å². The van der Waals surface area contributed by atoms with Crippen LogP contribution in [0.3, 0.4) is 0 Å². The van der Waals surface area contributed by atoms with E-state index < -0.39 is 0 Å². The highest BCUT2D eigenvalue weighted by molar-refractivity contribution is 5.77. The van der Waals surface area contributed by atoms with Crippen LogP contribution in [0.1, 0.15) is 6.42 Å². The first-order chi connectivity index (χ1) is 9.63. The Morgan fingerprint density at radius 3 is 2.90 bits per heavy atom. The van der Waals surface area contributed by atoms with Crippen molar-refractivity contribution < 1.29 is 9.90 Å². The molecule has 0 radical (unpaired) electrons. The molecular weight excluding hydrogens is 258 g/mol. The third-order valence-electron chi connectivity index (χ3n) is 3.16. The number of likely N-dealkylation sites (N-methyl/N-ethyl adjacent to an activating group) is 1. The van der Waals surface area contributed by atoms with Crippen LogP contribution in [0.25, 0.3) is 10.9 Å². The second-order valence-electron chi connectivity index (χ2n) is 4.55. The summed E-state index contributed by atoms with van der Waals surface area (Å²) in [5, 5.41) is 9.32. The molecule has 0 aliphatic heterocycles. The lowest BCUT2D eigenvalue weighted by Gasteiger charge is -2.15. The SMILES string of the molecule is CN(CCO)C(=O)CCn1cnc2ccccc2c1=O. The van der Waals surface area contributed by atoms with Crippen molar-refractivity contribution in [3.63, 3.8) is 0 Å². The number of aliphatic hydroxyl groups excluding tert-OH is 1. The van der Waals surface area contributed by atoms with E-state index in [1.165, 1.54) is 15.8 Å². The summed E-state index contributed by atoms with van der Waals surface area (Å²) in [5.74, 6) is -0.112. The van der Waals surface area contributed by atoms with Gasteiger partial charge < -0.3 is 10.0 Å². The Morgan fingerprint density at radius 1 is 1.40 bits per heavy atom. The molecule has 2 aromatic rings. The largest absolute Gasteiger partial charge is 0.395 e. The number of fused-ring (bicyclic) bond motifs is 1. The van der Waals surface area contributed by atoms with Gasteiger partial charge in [-0.3, -0.25) is 14.2 Å². The number of benzene rings is 1. The highest BCUT2D eigenvalue weighted by Crippen LogP contribution is 2.05. The lowest BCUT2D eigenvalue weighted by atomic mass is 10.2. The summed E-state index contributed by atoms with van der Waals surface area (Å²) < 4.78 is 1.44. The molecule has 0 aliphatic rings. The van der Waals surface area contributed by atoms with Crippen LogP contribution in [0, 0.1) is 0 Å². The van der Waals surface area contributed by atoms with Crippen LogP contribution in [0.4, 0.5) is 0 Å². The summed E-state index contributed by atoms with van der Waals surface area (Å²) in [6.45, 7) is 0.509. The minimum absolute atomic E-state index is 0.0697. The number of amides is 1. The van der Waals surface area contributed by atoms with Crippen LogP contribution in [-0.4, -0.2) is 45.7 Å². The number of nitrogens with zero attached hydrogens (tertiary/aromatic N) is 3. The Kier molecular flexibility index (Phi) is 4.47. The van der Waals surface area contributed by atoms with Gasteiger partial charge in [-0.1, -0.05) is 12.1 Å². The molecule has 2 rings (SSSR count). The summed E-state index contributed by atoms with van der Waals surface area (Å²) in [5.41, 5.74) is 0.505. The molecule has 106 valence electrons. The molecule has 1 N–H and O–H groups in total. The second-order valence-corrected chi connectivity index (χ2v) is 4.55. The fourth-order valence-corrected chi connectivity index (χ4v) is 1.95. The Balaban J connectivity index is 2.13. The van der Waals surface area contributed by atoms with Crippen molar-refractivity contribution in [2.75, 3.05) is 20.2 Å². The highest BCUT2D eigenvalue weighted by Gasteiger charge is 2.09. The lowest BCUT2D eigenvalue weighted by Crippen LogP contribution is -2.31. The molecule has 0 atom stereocenters. The van der Waals surface area contributed by atoms with Crippen LogP contribution < -0.4 is 5.56 Å². The van der Waals surface area contributed by atoms with E-state index in [0.29, 0.717) is 17.4 Å². The number of hydrogen-bond acceptors (Lipinski definition) is 4. The minimum Gasteiger partial charge on any atom is -0.395 e. The maximum atomic E-state index is 12.2. The van der Waals surface area contributed by atoms with E-state index in [2.05, 4.69) is 4.98 Å². The number of rotatable bonds is 5. The molecule has 1 aromatic heterocycles. The molecule has 0 saturated carbocycles. The molecule has 6 heteroatoms. The molecule has 0 bridgehead atoms. The quantitative estimate of drug-likeness (QED) is 0.848. The van der Waals surface area contributed by atoms with E-state index in [4.69, 9.17) is 5.11 Å². The predicted octanol–water partition coefficient (Wildman–Crippen LogP) is 0.237. The van der Waals surface area contributed by atoms with Gasteiger partial charge in [-0.25, -0.2) is 4.98 Å². The van der Waals surface area contributed by atoms with Gasteiger partial charge in [-0.2, -0.15) is 0 Å². The molecule has 1 amide bonds. The van der Waals surface area contributed by atoms with Crippen LogP contribution in [0.15, 0.2) is 35.4 Å². The Hall–Kier alpha value is -2.21. The molecule has 1 heterocycles. The first-order valence-electron chi connectivity index (χ1n) is 6.42. The summed E-state index contributed by atoms with van der Waals surface area (Å²) >= 11 is 0. The Labute approximate surface area is 116 Å². The highest BCUT2D eigenvalue weighted by atomic mass is 16.3. The third kappa shape index (κ3) is 3.03. The van der Waals surface area contributed by atoms with Gasteiger partial charge >= 0.3 is 0 Å². The minimum atomic E-state index is -0.145. The normalized spacial score (nSPS) is 10.7. The number of carbonyl (C=O) groups excluding carboxylic acids is 1. The zero-order valence-electron chi connectivity index (χ0n) is 11.3.